The van der Waals surface area contributed by atoms with Crippen molar-refractivity contribution in [3.63, 3.8) is 0 Å². The predicted molar refractivity (Wildman–Crippen MR) is 57.4 cm³/mol. The molecule has 1 rings (SSSR count). The number of nitrogens with two attached hydrogens (primary N) is 1. The van der Waals surface area contributed by atoms with Gasteiger partial charge in [-0.15, -0.1) is 12.4 Å². The first-order valence-corrected chi connectivity index (χ1v) is 4.41. The Morgan fingerprint density at radius 2 is 2.25 bits per heavy atom. The third-order valence-corrected chi connectivity index (χ3v) is 1.91. The topological polar surface area (TPSA) is 59.4 Å². The van der Waals surface area contributed by atoms with Gasteiger partial charge in [0, 0.05) is 12.5 Å². The summed E-state index contributed by atoms with van der Waals surface area (Å²) in [7, 11) is 0. The van der Waals surface area contributed by atoms with Crippen molar-refractivity contribution in [2.24, 2.45) is 5.73 Å². The monoisotopic (exact) mass is 303 g/mol. The van der Waals surface area contributed by atoms with Crippen molar-refractivity contribution >= 4 is 35.0 Å². The van der Waals surface area contributed by atoms with Crippen LogP contribution in [0.15, 0.2) is 16.5 Å². The molecule has 3 nitrogen and oxygen atoms in total. The summed E-state index contributed by atoms with van der Waals surface area (Å²) in [4.78, 5) is 0. The van der Waals surface area contributed by atoms with Gasteiger partial charge in [-0.3, -0.25) is 0 Å². The Morgan fingerprint density at radius 3 is 2.67 bits per heavy atom. The molecule has 5 heteroatoms. The van der Waals surface area contributed by atoms with Crippen molar-refractivity contribution in [2.45, 2.75) is 12.5 Å². The van der Waals surface area contributed by atoms with Crippen molar-refractivity contribution in [3.8, 4) is 0 Å². The normalized spacial score (nSPS) is 12.2. The maximum Gasteiger partial charge on any atom is 0.163 e. The van der Waals surface area contributed by atoms with Crippen LogP contribution < -0.4 is 5.73 Å². The summed E-state index contributed by atoms with van der Waals surface area (Å²) in [6, 6.07) is 3.54. The lowest BCUT2D eigenvalue weighted by Crippen LogP contribution is -2.26. The zero-order chi connectivity index (χ0) is 8.27. The third kappa shape index (κ3) is 3.75. The van der Waals surface area contributed by atoms with Crippen LogP contribution in [-0.2, 0) is 6.42 Å². The van der Waals surface area contributed by atoms with Crippen LogP contribution in [0.25, 0.3) is 0 Å². The van der Waals surface area contributed by atoms with Gasteiger partial charge in [-0.1, -0.05) is 0 Å². The number of hydrogen-bond acceptors (Lipinski definition) is 3. The fraction of sp³-hybridized carbons (Fsp3) is 0.429. The molecule has 1 unspecified atom stereocenters. The first-order chi connectivity index (χ1) is 5.22. The molecule has 0 bridgehead atoms. The highest BCUT2D eigenvalue weighted by molar-refractivity contribution is 14.1. The van der Waals surface area contributed by atoms with Gasteiger partial charge in [-0.2, -0.15) is 0 Å². The van der Waals surface area contributed by atoms with Gasteiger partial charge in [-0.05, 0) is 34.7 Å². The second kappa shape index (κ2) is 5.80. The summed E-state index contributed by atoms with van der Waals surface area (Å²) < 4.78 is 6.10. The van der Waals surface area contributed by atoms with Crippen molar-refractivity contribution < 1.29 is 9.52 Å². The highest BCUT2D eigenvalue weighted by Crippen LogP contribution is 2.11. The quantitative estimate of drug-likeness (QED) is 0.824. The molecule has 0 amide bonds. The molecular weight excluding hydrogens is 292 g/mol. The van der Waals surface area contributed by atoms with Crippen LogP contribution in [0.5, 0.6) is 0 Å². The zero-order valence-corrected chi connectivity index (χ0v) is 9.34. The van der Waals surface area contributed by atoms with Gasteiger partial charge in [0.25, 0.3) is 0 Å². The van der Waals surface area contributed by atoms with Crippen LogP contribution in [-0.4, -0.2) is 17.8 Å². The van der Waals surface area contributed by atoms with Gasteiger partial charge < -0.3 is 15.3 Å². The number of halogens is 2. The van der Waals surface area contributed by atoms with E-state index in [1.165, 1.54) is 0 Å². The lowest BCUT2D eigenvalue weighted by Gasteiger charge is -2.03. The van der Waals surface area contributed by atoms with Gasteiger partial charge in [0.15, 0.2) is 3.77 Å². The molecular formula is C7H11ClINO2. The van der Waals surface area contributed by atoms with Crippen LogP contribution in [0.2, 0.25) is 0 Å². The fourth-order valence-corrected chi connectivity index (χ4v) is 1.25. The van der Waals surface area contributed by atoms with Crippen molar-refractivity contribution in [1.82, 2.24) is 0 Å². The van der Waals surface area contributed by atoms with E-state index in [1.807, 2.05) is 12.1 Å². The molecule has 0 aliphatic carbocycles. The molecule has 0 fully saturated rings. The maximum atomic E-state index is 8.63. The Balaban J connectivity index is 0.00000121. The molecule has 0 aliphatic heterocycles. The lowest BCUT2D eigenvalue weighted by molar-refractivity contribution is 0.259. The van der Waals surface area contributed by atoms with E-state index in [0.717, 1.165) is 9.53 Å². The smallest absolute Gasteiger partial charge is 0.163 e. The molecule has 12 heavy (non-hydrogen) atoms. The molecule has 0 saturated heterocycles. The fourth-order valence-electron chi connectivity index (χ4n) is 0.784. The van der Waals surface area contributed by atoms with E-state index in [1.54, 1.807) is 0 Å². The van der Waals surface area contributed by atoms with Crippen LogP contribution in [0, 0.1) is 3.77 Å². The van der Waals surface area contributed by atoms with Crippen molar-refractivity contribution in [1.29, 1.82) is 0 Å². The van der Waals surface area contributed by atoms with Gasteiger partial charge >= 0.3 is 0 Å². The molecule has 1 aromatic heterocycles. The highest BCUT2D eigenvalue weighted by Gasteiger charge is 2.05. The Morgan fingerprint density at radius 1 is 1.58 bits per heavy atom. The summed E-state index contributed by atoms with van der Waals surface area (Å²) in [6.07, 6.45) is 0.597. The Labute approximate surface area is 90.9 Å². The minimum atomic E-state index is -0.211. The molecule has 1 heterocycles. The SMILES string of the molecule is Cl.NC(CO)Cc1ccc(I)o1. The minimum absolute atomic E-state index is 0. The molecule has 0 saturated carbocycles. The van der Waals surface area contributed by atoms with Crippen molar-refractivity contribution in [3.05, 3.63) is 21.7 Å². The summed E-state index contributed by atoms with van der Waals surface area (Å²) in [5.41, 5.74) is 5.50. The van der Waals surface area contributed by atoms with E-state index in [4.69, 9.17) is 15.3 Å². The van der Waals surface area contributed by atoms with Crippen LogP contribution >= 0.6 is 35.0 Å². The second-order valence-corrected chi connectivity index (χ2v) is 3.42. The number of furan rings is 1. The van der Waals surface area contributed by atoms with Crippen molar-refractivity contribution in [2.75, 3.05) is 6.61 Å². The highest BCUT2D eigenvalue weighted by atomic mass is 127. The number of rotatable bonds is 3. The third-order valence-electron chi connectivity index (χ3n) is 1.33. The molecule has 1 atom stereocenters. The minimum Gasteiger partial charge on any atom is -0.455 e. The van der Waals surface area contributed by atoms with Gasteiger partial charge in [0.1, 0.15) is 5.76 Å². The number of aliphatic hydroxyl groups excluding tert-OH is 1. The number of aliphatic hydroxyl groups is 1. The molecule has 1 aromatic rings. The predicted octanol–water partition coefficient (Wildman–Crippen LogP) is 1.17. The molecule has 0 spiro atoms. The van der Waals surface area contributed by atoms with Gasteiger partial charge in [0.05, 0.1) is 6.61 Å². The maximum absolute atomic E-state index is 8.63. The van der Waals surface area contributed by atoms with E-state index in [0.29, 0.717) is 6.42 Å². The standard InChI is InChI=1S/C7H10INO2.ClH/c8-7-2-1-6(11-7)3-5(9)4-10;/h1-2,5,10H,3-4,9H2;1H. The average Bonchev–Trinajstić information content (AvgIpc) is 2.35. The largest absolute Gasteiger partial charge is 0.455 e. The Hall–Kier alpha value is 0.220. The Kier molecular flexibility index (Phi) is 5.90. The molecule has 0 radical (unpaired) electrons. The number of hydrogen-bond donors (Lipinski definition) is 2. The van der Waals surface area contributed by atoms with Gasteiger partial charge in [-0.25, -0.2) is 0 Å². The Bertz CT molecular complexity index is 229. The lowest BCUT2D eigenvalue weighted by atomic mass is 10.2. The second-order valence-electron chi connectivity index (χ2n) is 2.35. The molecule has 0 aliphatic rings. The van der Waals surface area contributed by atoms with Crippen LogP contribution in [0.4, 0.5) is 0 Å². The first kappa shape index (κ1) is 12.2. The first-order valence-electron chi connectivity index (χ1n) is 3.33. The van der Waals surface area contributed by atoms with E-state index in [-0.39, 0.29) is 25.1 Å². The molecule has 70 valence electrons. The molecule has 3 N–H and O–H groups in total. The van der Waals surface area contributed by atoms with E-state index < -0.39 is 0 Å². The van der Waals surface area contributed by atoms with E-state index in [2.05, 4.69) is 22.6 Å². The average molecular weight is 304 g/mol. The van der Waals surface area contributed by atoms with Gasteiger partial charge in [0.2, 0.25) is 0 Å². The summed E-state index contributed by atoms with van der Waals surface area (Å²) in [5.74, 6) is 0.830. The van der Waals surface area contributed by atoms with Crippen LogP contribution in [0.3, 0.4) is 0 Å². The van der Waals surface area contributed by atoms with E-state index >= 15 is 0 Å². The van der Waals surface area contributed by atoms with Crippen LogP contribution in [0.1, 0.15) is 5.76 Å². The summed E-state index contributed by atoms with van der Waals surface area (Å²) >= 11 is 2.09. The summed E-state index contributed by atoms with van der Waals surface area (Å²) in [5, 5.41) is 8.63. The molecule has 0 aromatic carbocycles. The zero-order valence-electron chi connectivity index (χ0n) is 6.37. The summed E-state index contributed by atoms with van der Waals surface area (Å²) in [6.45, 7) is -0.00270. The van der Waals surface area contributed by atoms with E-state index in [9.17, 15) is 0 Å².